The quantitative estimate of drug-likeness (QED) is 0.390. The van der Waals surface area contributed by atoms with Gasteiger partial charge in [-0.15, -0.1) is 5.43 Å². The summed E-state index contributed by atoms with van der Waals surface area (Å²) >= 11 is 1.31. The minimum Gasteiger partial charge on any atom is -0.139 e. The molecule has 1 heterocycles. The highest BCUT2D eigenvalue weighted by atomic mass is 32.2. The lowest BCUT2D eigenvalue weighted by molar-refractivity contribution is -0.442. The van der Waals surface area contributed by atoms with E-state index in [9.17, 15) is 4.91 Å². The summed E-state index contributed by atoms with van der Waals surface area (Å²) < 4.78 is 0.840. The number of hydrogen-bond acceptors (Lipinski definition) is 2. The van der Waals surface area contributed by atoms with Crippen molar-refractivity contribution in [3.63, 3.8) is 0 Å². The number of rotatable bonds is 0. The third-order valence-electron chi connectivity index (χ3n) is 1.02. The van der Waals surface area contributed by atoms with E-state index in [1.54, 1.807) is 0 Å². The molecule has 1 aliphatic heterocycles. The summed E-state index contributed by atoms with van der Waals surface area (Å²) in [5.74, 6) is 0.955. The molecular weight excluding hydrogens is 124 g/mol. The highest BCUT2D eigenvalue weighted by molar-refractivity contribution is 7.93. The predicted molar refractivity (Wildman–Crippen MR) is 33.3 cm³/mol. The SMILES string of the molecule is O=[N+]1NCCCCS1. The molecule has 46 valence electrons. The molecule has 3 nitrogen and oxygen atoms in total. The van der Waals surface area contributed by atoms with Gasteiger partial charge in [-0.3, -0.25) is 0 Å². The Hall–Kier alpha value is -0.250. The van der Waals surface area contributed by atoms with Gasteiger partial charge < -0.3 is 0 Å². The van der Waals surface area contributed by atoms with Crippen LogP contribution in [0.2, 0.25) is 0 Å². The molecule has 1 aliphatic rings. The second-order valence-electron chi connectivity index (χ2n) is 1.71. The van der Waals surface area contributed by atoms with E-state index in [1.807, 2.05) is 0 Å². The molecule has 0 atom stereocenters. The molecule has 0 saturated carbocycles. The Kier molecular flexibility index (Phi) is 2.14. The van der Waals surface area contributed by atoms with Gasteiger partial charge in [0.1, 0.15) is 0 Å². The summed E-state index contributed by atoms with van der Waals surface area (Å²) in [5.41, 5.74) is 2.69. The Morgan fingerprint density at radius 1 is 1.50 bits per heavy atom. The van der Waals surface area contributed by atoms with Crippen LogP contribution < -0.4 is 5.43 Å². The average molecular weight is 133 g/mol. The molecule has 1 fully saturated rings. The maximum Gasteiger partial charge on any atom is 0.251 e. The lowest BCUT2D eigenvalue weighted by Crippen LogP contribution is -2.19. The average Bonchev–Trinajstić information content (AvgIpc) is 1.94. The van der Waals surface area contributed by atoms with Crippen LogP contribution in [0.3, 0.4) is 0 Å². The summed E-state index contributed by atoms with van der Waals surface area (Å²) in [6.45, 7) is 0.830. The summed E-state index contributed by atoms with van der Waals surface area (Å²) in [6.07, 6.45) is 2.27. The Morgan fingerprint density at radius 3 is 3.25 bits per heavy atom. The monoisotopic (exact) mass is 133 g/mol. The van der Waals surface area contributed by atoms with Gasteiger partial charge in [-0.1, -0.05) is 0 Å². The van der Waals surface area contributed by atoms with Crippen molar-refractivity contribution in [2.24, 2.45) is 0 Å². The Morgan fingerprint density at radius 2 is 2.38 bits per heavy atom. The number of nitrogens with zero attached hydrogens (tertiary/aromatic N) is 1. The van der Waals surface area contributed by atoms with E-state index in [4.69, 9.17) is 0 Å². The number of hydrazine groups is 1. The van der Waals surface area contributed by atoms with E-state index in [-0.39, 0.29) is 0 Å². The van der Waals surface area contributed by atoms with E-state index in [0.717, 1.165) is 29.4 Å². The van der Waals surface area contributed by atoms with Crippen molar-refractivity contribution in [2.75, 3.05) is 12.3 Å². The fraction of sp³-hybridized carbons (Fsp3) is 1.00. The molecule has 0 aromatic rings. The van der Waals surface area contributed by atoms with Crippen LogP contribution in [-0.4, -0.2) is 16.6 Å². The van der Waals surface area contributed by atoms with E-state index in [0.29, 0.717) is 0 Å². The van der Waals surface area contributed by atoms with E-state index >= 15 is 0 Å². The molecule has 0 aromatic carbocycles. The van der Waals surface area contributed by atoms with Crippen LogP contribution in [0.4, 0.5) is 0 Å². The maximum absolute atomic E-state index is 10.5. The van der Waals surface area contributed by atoms with E-state index in [1.165, 1.54) is 11.9 Å². The molecular formula is C4H9N2OS+. The first-order valence-corrected chi connectivity index (χ1v) is 3.67. The number of nitroso groups, excluding NO2 is 1. The maximum atomic E-state index is 10.5. The molecule has 0 spiro atoms. The molecule has 1 rings (SSSR count). The molecule has 0 aliphatic carbocycles. The van der Waals surface area contributed by atoms with Gasteiger partial charge in [0.25, 0.3) is 11.9 Å². The third-order valence-corrected chi connectivity index (χ3v) is 1.86. The van der Waals surface area contributed by atoms with Crippen LogP contribution in [0.25, 0.3) is 0 Å². The Labute approximate surface area is 52.5 Å². The molecule has 0 bridgehead atoms. The lowest BCUT2D eigenvalue weighted by atomic mass is 10.3. The molecule has 1 saturated heterocycles. The standard InChI is InChI=1S/C4H9N2OS/c7-6-5-3-1-2-4-8-6/h1-4H2,(H,5,7)/q+1. The zero-order valence-corrected chi connectivity index (χ0v) is 5.41. The van der Waals surface area contributed by atoms with Crippen LogP contribution in [0.1, 0.15) is 12.8 Å². The zero-order chi connectivity index (χ0) is 5.82. The second kappa shape index (κ2) is 2.91. The summed E-state index contributed by atoms with van der Waals surface area (Å²) in [7, 11) is 0. The van der Waals surface area contributed by atoms with Crippen LogP contribution >= 0.6 is 11.9 Å². The van der Waals surface area contributed by atoms with Gasteiger partial charge >= 0.3 is 0 Å². The van der Waals surface area contributed by atoms with Crippen molar-refractivity contribution in [1.82, 2.24) is 5.43 Å². The summed E-state index contributed by atoms with van der Waals surface area (Å²) in [5, 5.41) is 0. The Bertz CT molecular complexity index is 86.0. The predicted octanol–water partition coefficient (Wildman–Crippen LogP) is 0.712. The normalized spacial score (nSPS) is 21.8. The highest BCUT2D eigenvalue weighted by Gasteiger charge is 2.12. The lowest BCUT2D eigenvalue weighted by Gasteiger charge is -1.83. The van der Waals surface area contributed by atoms with Gasteiger partial charge in [0.2, 0.25) is 0 Å². The minimum atomic E-state index is 0.830. The van der Waals surface area contributed by atoms with Crippen LogP contribution in [0, 0.1) is 4.91 Å². The zero-order valence-electron chi connectivity index (χ0n) is 4.59. The first kappa shape index (κ1) is 5.88. The van der Waals surface area contributed by atoms with Gasteiger partial charge in [-0.05, 0) is 12.8 Å². The van der Waals surface area contributed by atoms with Crippen molar-refractivity contribution in [3.8, 4) is 0 Å². The smallest absolute Gasteiger partial charge is 0.139 e. The van der Waals surface area contributed by atoms with E-state index < -0.39 is 0 Å². The van der Waals surface area contributed by atoms with Gasteiger partial charge in [-0.25, -0.2) is 0 Å². The van der Waals surface area contributed by atoms with E-state index in [2.05, 4.69) is 5.43 Å². The van der Waals surface area contributed by atoms with Crippen LogP contribution in [0.5, 0.6) is 0 Å². The second-order valence-corrected chi connectivity index (χ2v) is 2.70. The molecule has 0 unspecified atom stereocenters. The van der Waals surface area contributed by atoms with Gasteiger partial charge in [0.05, 0.1) is 17.2 Å². The largest absolute Gasteiger partial charge is 0.251 e. The fourth-order valence-corrected chi connectivity index (χ4v) is 1.27. The molecule has 4 heteroatoms. The van der Waals surface area contributed by atoms with Crippen LogP contribution in [0.15, 0.2) is 0 Å². The Balaban J connectivity index is 2.27. The molecule has 0 amide bonds. The van der Waals surface area contributed by atoms with Crippen molar-refractivity contribution in [3.05, 3.63) is 4.91 Å². The minimum absolute atomic E-state index is 0.830. The van der Waals surface area contributed by atoms with Crippen molar-refractivity contribution in [1.29, 1.82) is 0 Å². The topological polar surface area (TPSA) is 32.1 Å². The molecule has 0 aromatic heterocycles. The van der Waals surface area contributed by atoms with Gasteiger partial charge in [0, 0.05) is 0 Å². The van der Waals surface area contributed by atoms with Gasteiger partial charge in [0.15, 0.2) is 4.27 Å². The van der Waals surface area contributed by atoms with Crippen molar-refractivity contribution >= 4 is 11.9 Å². The van der Waals surface area contributed by atoms with Crippen molar-refractivity contribution in [2.45, 2.75) is 12.8 Å². The van der Waals surface area contributed by atoms with Crippen LogP contribution in [-0.2, 0) is 0 Å². The number of nitrogens with one attached hydrogen (secondary N) is 1. The first-order valence-electron chi connectivity index (χ1n) is 2.73. The highest BCUT2D eigenvalue weighted by Crippen LogP contribution is 2.06. The summed E-state index contributed by atoms with van der Waals surface area (Å²) in [4.78, 5) is 10.5. The van der Waals surface area contributed by atoms with Gasteiger partial charge in [-0.2, -0.15) is 0 Å². The third kappa shape index (κ3) is 1.69. The molecule has 1 N–H and O–H groups in total. The van der Waals surface area contributed by atoms with Crippen molar-refractivity contribution < 1.29 is 4.27 Å². The first-order chi connectivity index (χ1) is 3.89. The molecule has 0 radical (unpaired) electrons. The fourth-order valence-electron chi connectivity index (χ4n) is 0.591. The summed E-state index contributed by atoms with van der Waals surface area (Å²) in [6, 6.07) is 0. The number of hydrogen-bond donors (Lipinski definition) is 1. The molecule has 8 heavy (non-hydrogen) atoms.